The second kappa shape index (κ2) is 6.95. The van der Waals surface area contributed by atoms with Gasteiger partial charge in [0.1, 0.15) is 5.75 Å². The molecule has 22 heavy (non-hydrogen) atoms. The van der Waals surface area contributed by atoms with E-state index in [-0.39, 0.29) is 0 Å². The number of hydrogen-bond acceptors (Lipinski definition) is 3. The van der Waals surface area contributed by atoms with E-state index >= 15 is 0 Å². The molecule has 1 fully saturated rings. The molecule has 0 saturated heterocycles. The highest BCUT2D eigenvalue weighted by atomic mass is 16.5. The lowest BCUT2D eigenvalue weighted by atomic mass is 10.0. The van der Waals surface area contributed by atoms with Crippen LogP contribution < -0.4 is 10.1 Å². The van der Waals surface area contributed by atoms with Crippen LogP contribution in [-0.4, -0.2) is 24.8 Å². The number of aliphatic hydroxyl groups is 1. The van der Waals surface area contributed by atoms with Crippen LogP contribution in [0.2, 0.25) is 0 Å². The highest BCUT2D eigenvalue weighted by molar-refractivity contribution is 5.64. The average molecular weight is 297 g/mol. The molecule has 2 N–H and O–H groups in total. The zero-order valence-electron chi connectivity index (χ0n) is 13.0. The van der Waals surface area contributed by atoms with Gasteiger partial charge in [0.05, 0.1) is 13.2 Å². The molecule has 3 rings (SSSR count). The van der Waals surface area contributed by atoms with Gasteiger partial charge in [-0.15, -0.1) is 0 Å². The third-order valence-electron chi connectivity index (χ3n) is 4.15. The maximum Gasteiger partial charge on any atom is 0.118 e. The molecule has 3 heteroatoms. The fourth-order valence-corrected chi connectivity index (χ4v) is 2.56. The third-order valence-corrected chi connectivity index (χ3v) is 4.15. The smallest absolute Gasteiger partial charge is 0.118 e. The van der Waals surface area contributed by atoms with Gasteiger partial charge in [-0.3, -0.25) is 0 Å². The van der Waals surface area contributed by atoms with E-state index in [0.717, 1.165) is 35.4 Å². The van der Waals surface area contributed by atoms with Gasteiger partial charge in [-0.25, -0.2) is 0 Å². The van der Waals surface area contributed by atoms with Crippen LogP contribution in [0.25, 0.3) is 11.1 Å². The average Bonchev–Trinajstić information content (AvgIpc) is 3.39. The van der Waals surface area contributed by atoms with E-state index < -0.39 is 6.10 Å². The lowest BCUT2D eigenvalue weighted by Crippen LogP contribution is -2.19. The van der Waals surface area contributed by atoms with Crippen molar-refractivity contribution in [1.82, 2.24) is 5.32 Å². The number of rotatable bonds is 7. The number of hydrogen-bond donors (Lipinski definition) is 2. The Labute approximate surface area is 131 Å². The van der Waals surface area contributed by atoms with Crippen molar-refractivity contribution in [2.75, 3.05) is 13.7 Å². The molecule has 1 saturated carbocycles. The lowest BCUT2D eigenvalue weighted by molar-refractivity contribution is 0.167. The van der Waals surface area contributed by atoms with E-state index in [0.29, 0.717) is 6.04 Å². The predicted molar refractivity (Wildman–Crippen MR) is 89.0 cm³/mol. The van der Waals surface area contributed by atoms with Crippen LogP contribution in [0.4, 0.5) is 0 Å². The Morgan fingerprint density at radius 1 is 1.05 bits per heavy atom. The summed E-state index contributed by atoms with van der Waals surface area (Å²) in [7, 11) is 1.67. The van der Waals surface area contributed by atoms with E-state index in [1.807, 2.05) is 36.4 Å². The quantitative estimate of drug-likeness (QED) is 0.821. The monoisotopic (exact) mass is 297 g/mol. The van der Waals surface area contributed by atoms with E-state index in [1.54, 1.807) is 7.11 Å². The van der Waals surface area contributed by atoms with Crippen LogP contribution in [0.15, 0.2) is 48.5 Å². The molecule has 0 radical (unpaired) electrons. The van der Waals surface area contributed by atoms with Crippen LogP contribution in [-0.2, 0) is 0 Å². The van der Waals surface area contributed by atoms with Crippen molar-refractivity contribution in [3.63, 3.8) is 0 Å². The summed E-state index contributed by atoms with van der Waals surface area (Å²) in [5.74, 6) is 0.860. The largest absolute Gasteiger partial charge is 0.497 e. The summed E-state index contributed by atoms with van der Waals surface area (Å²) in [6, 6.07) is 16.9. The van der Waals surface area contributed by atoms with E-state index in [2.05, 4.69) is 17.4 Å². The fourth-order valence-electron chi connectivity index (χ4n) is 2.56. The van der Waals surface area contributed by atoms with Gasteiger partial charge in [0.25, 0.3) is 0 Å². The first-order chi connectivity index (χ1) is 10.8. The van der Waals surface area contributed by atoms with E-state index in [9.17, 15) is 5.11 Å². The molecule has 1 aliphatic carbocycles. The highest BCUT2D eigenvalue weighted by Gasteiger charge is 2.20. The molecule has 2 aromatic rings. The number of aliphatic hydroxyl groups excluding tert-OH is 1. The van der Waals surface area contributed by atoms with Gasteiger partial charge >= 0.3 is 0 Å². The summed E-state index contributed by atoms with van der Waals surface area (Å²) in [5.41, 5.74) is 3.28. The maximum atomic E-state index is 10.2. The van der Waals surface area contributed by atoms with Crippen LogP contribution in [0.1, 0.15) is 30.9 Å². The van der Waals surface area contributed by atoms with Crippen LogP contribution in [0, 0.1) is 0 Å². The first-order valence-electron chi connectivity index (χ1n) is 7.92. The van der Waals surface area contributed by atoms with Crippen LogP contribution >= 0.6 is 0 Å². The first-order valence-corrected chi connectivity index (χ1v) is 7.92. The van der Waals surface area contributed by atoms with Crippen molar-refractivity contribution in [2.45, 2.75) is 31.4 Å². The molecule has 0 heterocycles. The molecule has 0 bridgehead atoms. The summed E-state index contributed by atoms with van der Waals surface area (Å²) < 4.78 is 5.18. The second-order valence-corrected chi connectivity index (χ2v) is 5.88. The number of benzene rings is 2. The van der Waals surface area contributed by atoms with Gasteiger partial charge in [-0.2, -0.15) is 0 Å². The SMILES string of the molecule is COc1ccc(-c2ccc(C(O)CCNC3CC3)cc2)cc1. The molecule has 3 nitrogen and oxygen atoms in total. The minimum atomic E-state index is -0.392. The lowest BCUT2D eigenvalue weighted by Gasteiger charge is -2.12. The zero-order chi connectivity index (χ0) is 15.4. The summed E-state index contributed by atoms with van der Waals surface area (Å²) in [4.78, 5) is 0. The molecule has 0 amide bonds. The Bertz CT molecular complexity index is 588. The Kier molecular flexibility index (Phi) is 4.76. The maximum absolute atomic E-state index is 10.2. The Morgan fingerprint density at radius 3 is 2.18 bits per heavy atom. The summed E-state index contributed by atoms with van der Waals surface area (Å²) in [6.45, 7) is 0.881. The third kappa shape index (κ3) is 3.87. The molecule has 0 aliphatic heterocycles. The summed E-state index contributed by atoms with van der Waals surface area (Å²) in [5, 5.41) is 13.7. The van der Waals surface area contributed by atoms with E-state index in [4.69, 9.17) is 4.74 Å². The number of ether oxygens (including phenoxy) is 1. The zero-order valence-corrected chi connectivity index (χ0v) is 13.0. The summed E-state index contributed by atoms with van der Waals surface area (Å²) >= 11 is 0. The van der Waals surface area contributed by atoms with Gasteiger partial charge in [0.15, 0.2) is 0 Å². The topological polar surface area (TPSA) is 41.5 Å². The second-order valence-electron chi connectivity index (χ2n) is 5.88. The molecule has 2 aromatic carbocycles. The Balaban J connectivity index is 1.60. The molecule has 1 atom stereocenters. The van der Waals surface area contributed by atoms with Crippen molar-refractivity contribution in [2.24, 2.45) is 0 Å². The number of methoxy groups -OCH3 is 1. The minimum absolute atomic E-state index is 0.392. The van der Waals surface area contributed by atoms with Crippen molar-refractivity contribution in [3.8, 4) is 16.9 Å². The van der Waals surface area contributed by atoms with Crippen molar-refractivity contribution < 1.29 is 9.84 Å². The van der Waals surface area contributed by atoms with Crippen LogP contribution in [0.3, 0.4) is 0 Å². The van der Waals surface area contributed by atoms with Gasteiger partial charge in [0.2, 0.25) is 0 Å². The predicted octanol–water partition coefficient (Wildman–Crippen LogP) is 3.54. The fraction of sp³-hybridized carbons (Fsp3) is 0.368. The van der Waals surface area contributed by atoms with Crippen LogP contribution in [0.5, 0.6) is 5.75 Å². The van der Waals surface area contributed by atoms with Gasteiger partial charge < -0.3 is 15.2 Å². The van der Waals surface area contributed by atoms with Gasteiger partial charge in [-0.05, 0) is 54.6 Å². The van der Waals surface area contributed by atoms with Crippen molar-refractivity contribution in [3.05, 3.63) is 54.1 Å². The Morgan fingerprint density at radius 2 is 1.64 bits per heavy atom. The van der Waals surface area contributed by atoms with Gasteiger partial charge in [0, 0.05) is 6.04 Å². The number of nitrogens with one attached hydrogen (secondary N) is 1. The standard InChI is InChI=1S/C19H23NO2/c1-22-18-10-6-15(7-11-18)14-2-4-16(5-3-14)19(21)12-13-20-17-8-9-17/h2-7,10-11,17,19-21H,8-9,12-13H2,1H3. The molecule has 0 aromatic heterocycles. The molecular formula is C19H23NO2. The summed E-state index contributed by atoms with van der Waals surface area (Å²) in [6.07, 6.45) is 2.94. The molecule has 0 spiro atoms. The first kappa shape index (κ1) is 15.1. The minimum Gasteiger partial charge on any atom is -0.497 e. The molecule has 116 valence electrons. The Hall–Kier alpha value is -1.84. The van der Waals surface area contributed by atoms with E-state index in [1.165, 1.54) is 12.8 Å². The molecule has 1 aliphatic rings. The molecular weight excluding hydrogens is 274 g/mol. The molecule has 1 unspecified atom stereocenters. The highest BCUT2D eigenvalue weighted by Crippen LogP contribution is 2.25. The normalized spacial score (nSPS) is 15.5. The van der Waals surface area contributed by atoms with Crippen molar-refractivity contribution >= 4 is 0 Å². The van der Waals surface area contributed by atoms with Gasteiger partial charge in [-0.1, -0.05) is 36.4 Å². The van der Waals surface area contributed by atoms with Crippen molar-refractivity contribution in [1.29, 1.82) is 0 Å².